The summed E-state index contributed by atoms with van der Waals surface area (Å²) in [6.45, 7) is 5.85. The Balaban J connectivity index is 0.000000103. The molecule has 0 bridgehead atoms. The van der Waals surface area contributed by atoms with Crippen LogP contribution in [-0.4, -0.2) is 160 Å². The van der Waals surface area contributed by atoms with Crippen LogP contribution in [0.4, 0.5) is 54.8 Å². The van der Waals surface area contributed by atoms with Crippen molar-refractivity contribution < 1.29 is 54.7 Å². The van der Waals surface area contributed by atoms with E-state index in [2.05, 4.69) is 84.0 Å². The molecule has 8 saturated carbocycles. The number of halogens is 2. The summed E-state index contributed by atoms with van der Waals surface area (Å²) >= 11 is 0. The topological polar surface area (TPSA) is 353 Å². The fourth-order valence-corrected chi connectivity index (χ4v) is 22.0. The number of rotatable bonds is 17. The van der Waals surface area contributed by atoms with Crippen LogP contribution in [0.5, 0.6) is 0 Å². The van der Waals surface area contributed by atoms with Crippen LogP contribution in [-0.2, 0) is 22.2 Å². The van der Waals surface area contributed by atoms with Crippen LogP contribution in [0.25, 0.3) is 88.6 Å². The van der Waals surface area contributed by atoms with Crippen molar-refractivity contribution >= 4 is 90.2 Å². The number of fused-ring (bicyclic) bond motifs is 8. The van der Waals surface area contributed by atoms with Gasteiger partial charge in [0.25, 0.3) is 0 Å². The third-order valence-corrected chi connectivity index (χ3v) is 28.9. The zero-order valence-electron chi connectivity index (χ0n) is 69.5. The Morgan fingerprint density at radius 2 is 0.535 bits per heavy atom. The number of aromatic nitrogens is 12. The molecule has 25 nitrogen and oxygen atoms in total. The van der Waals surface area contributed by atoms with Gasteiger partial charge in [-0.25, -0.2) is 48.7 Å². The van der Waals surface area contributed by atoms with E-state index in [1.165, 1.54) is 43.2 Å². The van der Waals surface area contributed by atoms with Crippen molar-refractivity contribution in [2.75, 3.05) is 27.9 Å². The summed E-state index contributed by atoms with van der Waals surface area (Å²) in [4.78, 5) is 36.6. The molecule has 8 aromatic heterocycles. The lowest BCUT2D eigenvalue weighted by Gasteiger charge is -2.24. The Morgan fingerprint density at radius 3 is 0.795 bits per heavy atom. The molecule has 20 atom stereocenters. The van der Waals surface area contributed by atoms with Crippen molar-refractivity contribution in [1.82, 2.24) is 58.1 Å². The van der Waals surface area contributed by atoms with Gasteiger partial charge in [0.2, 0.25) is 0 Å². The van der Waals surface area contributed by atoms with Crippen molar-refractivity contribution in [2.45, 2.75) is 117 Å². The lowest BCUT2D eigenvalue weighted by atomic mass is 10.0. The zero-order valence-corrected chi connectivity index (χ0v) is 69.5. The van der Waals surface area contributed by atoms with E-state index in [0.29, 0.717) is 46.5 Å². The van der Waals surface area contributed by atoms with Crippen molar-refractivity contribution in [3.05, 3.63) is 292 Å². The standard InChI is InChI=1S/2C25H23FN4O2.C25H24N4O3.C25H24N4O2/c1-14-19-11-25(19,22(32)21(14)31)30-12-18(15-7-9-16(26)10-8-15)20-23(27-13-28-24(20)30)29-17-5-3-2-4-6-17;1-14-19-11-25(19,22(32)21(14)31)30-12-18(15-5-3-2-4-6-15)20-23(27-13-28-24(20)30)29-17-9-7-16(26)8-10-17;30-13-18-19-11-25(19,22(32)21(18)31)29-12-17(15-7-3-1-4-8-15)20-23(26-14-27-24(20)29)28-16-9-5-2-6-10-16;1-15-19-12-25(19,22(31)21(15)30)29-13-18(16-8-4-2-5-9-16)20-23(26-14-27-24(20)29)28-17-10-6-3-7-11-17/h2*2-10,12-14,19,21-22,31-32H,11H2,1H3,(H,27,28,29);1-10,12,14,18-19,21-22,30-32H,11,13H2,(H,26,27,28);2-11,13-15,19,21-22,30-31H,12H2,1H3,(H,26,27,28)/t2*14-,19-,21-,22?,25+;18-,19-,21-,22?,25+;15-,19-,21-,22?,25+/m0000/s1. The second-order valence-electron chi connectivity index (χ2n) is 35.4. The van der Waals surface area contributed by atoms with E-state index >= 15 is 0 Å². The van der Waals surface area contributed by atoms with Crippen LogP contribution in [0.2, 0.25) is 0 Å². The van der Waals surface area contributed by atoms with Crippen LogP contribution in [0.15, 0.2) is 281 Å². The normalized spacial score (nSPS) is 28.7. The van der Waals surface area contributed by atoms with E-state index in [9.17, 15) is 54.7 Å². The fraction of sp³-hybridized carbons (Fsp3) is 0.280. The van der Waals surface area contributed by atoms with Crippen molar-refractivity contribution in [2.24, 2.45) is 47.3 Å². The molecule has 0 aliphatic heterocycles. The summed E-state index contributed by atoms with van der Waals surface area (Å²) in [5.74, 6) is 2.35. The zero-order chi connectivity index (χ0) is 87.1. The van der Waals surface area contributed by atoms with Gasteiger partial charge in [-0.15, -0.1) is 0 Å². The number of benzene rings is 8. The van der Waals surface area contributed by atoms with Crippen molar-refractivity contribution in [3.8, 4) is 44.5 Å². The van der Waals surface area contributed by atoms with E-state index in [-0.39, 0.29) is 65.6 Å². The third-order valence-electron chi connectivity index (χ3n) is 28.9. The van der Waals surface area contributed by atoms with Gasteiger partial charge in [-0.1, -0.05) is 178 Å². The van der Waals surface area contributed by atoms with E-state index in [1.54, 1.807) is 30.6 Å². The maximum absolute atomic E-state index is 13.6. The van der Waals surface area contributed by atoms with Crippen LogP contribution in [0.1, 0.15) is 46.5 Å². The molecule has 0 saturated heterocycles. The first-order chi connectivity index (χ1) is 61.8. The van der Waals surface area contributed by atoms with Gasteiger partial charge < -0.3 is 85.5 Å². The number of para-hydroxylation sites is 3. The molecule has 0 radical (unpaired) electrons. The highest BCUT2D eigenvalue weighted by Gasteiger charge is 2.75. The molecule has 8 heterocycles. The molecule has 0 amide bonds. The minimum Gasteiger partial charge on any atom is -0.396 e. The second-order valence-corrected chi connectivity index (χ2v) is 35.4. The molecular weight excluding hydrogens is 1610 g/mol. The highest BCUT2D eigenvalue weighted by atomic mass is 19.1. The molecule has 8 fully saturated rings. The summed E-state index contributed by atoms with van der Waals surface area (Å²) in [5.41, 5.74) is 11.6. The predicted molar refractivity (Wildman–Crippen MR) is 481 cm³/mol. The van der Waals surface area contributed by atoms with Gasteiger partial charge in [0, 0.05) is 82.3 Å². The van der Waals surface area contributed by atoms with E-state index in [1.807, 2.05) is 223 Å². The Hall–Kier alpha value is -13.1. The summed E-state index contributed by atoms with van der Waals surface area (Å²) in [5, 5.41) is 113. The lowest BCUT2D eigenvalue weighted by molar-refractivity contribution is -0.0271. The van der Waals surface area contributed by atoms with Crippen molar-refractivity contribution in [3.63, 3.8) is 0 Å². The van der Waals surface area contributed by atoms with Gasteiger partial charge in [-0.3, -0.25) is 0 Å². The van der Waals surface area contributed by atoms with Crippen LogP contribution in [0, 0.1) is 59.0 Å². The third kappa shape index (κ3) is 13.2. The number of anilines is 8. The van der Waals surface area contributed by atoms with E-state index in [0.717, 1.165) is 114 Å². The first kappa shape index (κ1) is 81.0. The highest BCUT2D eigenvalue weighted by Crippen LogP contribution is 2.69. The second kappa shape index (κ2) is 31.5. The first-order valence-electron chi connectivity index (χ1n) is 43.2. The minimum atomic E-state index is -0.968. The van der Waals surface area contributed by atoms with Gasteiger partial charge in [-0.05, 0) is 162 Å². The monoisotopic (exact) mass is 1700 g/mol. The maximum atomic E-state index is 13.6. The number of nitrogens with one attached hydrogen (secondary N) is 4. The predicted octanol–water partition coefficient (Wildman–Crippen LogP) is 15.0. The lowest BCUT2D eigenvalue weighted by Crippen LogP contribution is -2.38. The number of nitrogens with zero attached hydrogens (tertiary/aromatic N) is 12. The molecule has 16 aromatic rings. The Bertz CT molecular complexity index is 6730. The number of aliphatic hydroxyl groups excluding tert-OH is 9. The SMILES string of the molecule is C[C@@H]1[C@H](O)C(O)[C@@]2(n3cc(-c4ccc(F)cc4)c4c(Nc5ccccc5)ncnc43)C[C@@H]12.C[C@@H]1[C@H](O)C(O)[C@@]2(n3cc(-c4ccccc4)c4c(Nc5ccc(F)cc5)ncnc43)C[C@@H]12.C[C@@H]1[C@H](O)C(O)[C@@]2(n3cc(-c4ccccc4)c4c(Nc5ccccc5)ncnc43)C[C@@H]12.OC[C@@H]1[C@H](O)C(O)[C@@]2(n3cc(-c4ccccc4)c4c(Nc5ccccc5)ncnc43)C[C@@H]12. The van der Waals surface area contributed by atoms with Gasteiger partial charge in [0.1, 0.15) is 107 Å². The van der Waals surface area contributed by atoms with Gasteiger partial charge >= 0.3 is 0 Å². The summed E-state index contributed by atoms with van der Waals surface area (Å²) in [6.07, 6.45) is 10.6. The largest absolute Gasteiger partial charge is 0.396 e. The molecule has 13 N–H and O–H groups in total. The Morgan fingerprint density at radius 1 is 0.299 bits per heavy atom. The molecule has 24 rings (SSSR count). The molecule has 642 valence electrons. The summed E-state index contributed by atoms with van der Waals surface area (Å²) in [6, 6.07) is 72.1. The molecular formula is C100H94F2N16O9. The first-order valence-corrected chi connectivity index (χ1v) is 43.2. The van der Waals surface area contributed by atoms with Gasteiger partial charge in [-0.2, -0.15) is 0 Å². The number of hydrogen-bond acceptors (Lipinski definition) is 21. The molecule has 8 aromatic carbocycles. The van der Waals surface area contributed by atoms with Crippen LogP contribution < -0.4 is 21.3 Å². The Labute approximate surface area is 728 Å². The molecule has 127 heavy (non-hydrogen) atoms. The quantitative estimate of drug-likeness (QED) is 0.0403. The molecule has 8 aliphatic rings. The molecule has 0 spiro atoms. The number of hydrogen-bond donors (Lipinski definition) is 13. The summed E-state index contributed by atoms with van der Waals surface area (Å²) < 4.78 is 35.2. The smallest absolute Gasteiger partial charge is 0.146 e. The maximum Gasteiger partial charge on any atom is 0.146 e. The van der Waals surface area contributed by atoms with E-state index in [4.69, 9.17) is 0 Å². The number of aliphatic hydroxyl groups is 9. The molecule has 27 heteroatoms. The average molecular weight is 1700 g/mol. The minimum absolute atomic E-state index is 0.000438. The van der Waals surface area contributed by atoms with Gasteiger partial charge in [0.15, 0.2) is 0 Å². The molecule has 8 aliphatic carbocycles. The molecule has 4 unspecified atom stereocenters. The van der Waals surface area contributed by atoms with E-state index < -0.39 is 71.0 Å². The highest BCUT2D eigenvalue weighted by molar-refractivity contribution is 6.06. The van der Waals surface area contributed by atoms with Crippen LogP contribution >= 0.6 is 0 Å². The Kier molecular flexibility index (Phi) is 20.1. The van der Waals surface area contributed by atoms with Gasteiger partial charge in [0.05, 0.1) is 68.1 Å². The summed E-state index contributed by atoms with van der Waals surface area (Å²) in [7, 11) is 0. The van der Waals surface area contributed by atoms with Crippen molar-refractivity contribution in [1.29, 1.82) is 0 Å². The fourth-order valence-electron chi connectivity index (χ4n) is 22.0. The van der Waals surface area contributed by atoms with Crippen LogP contribution in [0.3, 0.4) is 0 Å². The average Bonchev–Trinajstić information content (AvgIpc) is 1.52.